The number of nitrogens with one attached hydrogen (secondary N) is 1. The van der Waals surface area contributed by atoms with Crippen LogP contribution in [0.3, 0.4) is 0 Å². The maximum absolute atomic E-state index is 4.77. The summed E-state index contributed by atoms with van der Waals surface area (Å²) in [4.78, 5) is 4.77. The molecule has 2 aromatic rings. The first kappa shape index (κ1) is 14.0. The van der Waals surface area contributed by atoms with Gasteiger partial charge in [-0.15, -0.1) is 0 Å². The fourth-order valence-electron chi connectivity index (χ4n) is 2.70. The second-order valence-electron chi connectivity index (χ2n) is 6.23. The lowest BCUT2D eigenvalue weighted by atomic mass is 9.81. The van der Waals surface area contributed by atoms with E-state index in [0.717, 1.165) is 18.4 Å². The van der Waals surface area contributed by atoms with E-state index >= 15 is 0 Å². The van der Waals surface area contributed by atoms with Crippen molar-refractivity contribution < 1.29 is 0 Å². The van der Waals surface area contributed by atoms with E-state index in [9.17, 15) is 0 Å². The first-order valence-corrected chi connectivity index (χ1v) is 7.02. The largest absolute Gasteiger partial charge is 0.317 e. The molecule has 0 saturated carbocycles. The highest BCUT2D eigenvalue weighted by Crippen LogP contribution is 2.27. The molecule has 0 fully saturated rings. The summed E-state index contributed by atoms with van der Waals surface area (Å²) in [5.41, 5.74) is 2.54. The van der Waals surface area contributed by atoms with Crippen LogP contribution in [0.2, 0.25) is 0 Å². The maximum Gasteiger partial charge on any atom is 0.0705 e. The molecule has 2 heteroatoms. The summed E-state index contributed by atoms with van der Waals surface area (Å²) in [6, 6.07) is 13.2. The number of aromatic nitrogens is 1. The number of hydrogen-bond acceptors (Lipinski definition) is 2. The minimum Gasteiger partial charge on any atom is -0.317 e. The highest BCUT2D eigenvalue weighted by molar-refractivity contribution is 5.78. The molecular weight excluding hydrogens is 232 g/mol. The Morgan fingerprint density at radius 2 is 1.89 bits per heavy atom. The molecule has 2 nitrogen and oxygen atoms in total. The zero-order chi connectivity index (χ0) is 13.9. The Hall–Kier alpha value is -1.41. The highest BCUT2D eigenvalue weighted by Gasteiger charge is 2.21. The third-order valence-electron chi connectivity index (χ3n) is 3.67. The van der Waals surface area contributed by atoms with Gasteiger partial charge >= 0.3 is 0 Å². The molecule has 102 valence electrons. The molecule has 0 saturated heterocycles. The fraction of sp³-hybridized carbons (Fsp3) is 0.471. The van der Waals surface area contributed by atoms with E-state index in [1.54, 1.807) is 0 Å². The molecule has 1 aromatic heterocycles. The Bertz CT molecular complexity index is 546. The Morgan fingerprint density at radius 1 is 1.16 bits per heavy atom. The van der Waals surface area contributed by atoms with Crippen molar-refractivity contribution in [1.29, 1.82) is 0 Å². The number of rotatable bonds is 5. The number of hydrogen-bond donors (Lipinski definition) is 1. The molecule has 0 spiro atoms. The van der Waals surface area contributed by atoms with Gasteiger partial charge in [-0.2, -0.15) is 0 Å². The first-order chi connectivity index (χ1) is 9.00. The summed E-state index contributed by atoms with van der Waals surface area (Å²) in [6.45, 7) is 6.87. The van der Waals surface area contributed by atoms with E-state index in [0.29, 0.717) is 6.04 Å². The molecule has 1 N–H and O–H groups in total. The molecule has 0 amide bonds. The average molecular weight is 256 g/mol. The van der Waals surface area contributed by atoms with Crippen molar-refractivity contribution in [3.63, 3.8) is 0 Å². The lowest BCUT2D eigenvalue weighted by Gasteiger charge is -2.27. The predicted octanol–water partition coefficient (Wildman–Crippen LogP) is 3.80. The summed E-state index contributed by atoms with van der Waals surface area (Å²) in [7, 11) is 2.02. The molecular formula is C17H24N2. The predicted molar refractivity (Wildman–Crippen MR) is 82.4 cm³/mol. The number of benzene rings is 1. The number of nitrogens with zero attached hydrogens (tertiary/aromatic N) is 1. The van der Waals surface area contributed by atoms with Gasteiger partial charge in [0, 0.05) is 17.1 Å². The van der Waals surface area contributed by atoms with Gasteiger partial charge in [0.25, 0.3) is 0 Å². The fourth-order valence-corrected chi connectivity index (χ4v) is 2.70. The van der Waals surface area contributed by atoms with Crippen LogP contribution in [0.5, 0.6) is 0 Å². The van der Waals surface area contributed by atoms with Crippen LogP contribution in [0.15, 0.2) is 36.4 Å². The van der Waals surface area contributed by atoms with Gasteiger partial charge < -0.3 is 5.32 Å². The second kappa shape index (κ2) is 5.70. The normalized spacial score (nSPS) is 13.7. The molecule has 19 heavy (non-hydrogen) atoms. The summed E-state index contributed by atoms with van der Waals surface area (Å²) >= 11 is 0. The zero-order valence-electron chi connectivity index (χ0n) is 12.4. The van der Waals surface area contributed by atoms with Crippen molar-refractivity contribution in [2.45, 2.75) is 39.7 Å². The summed E-state index contributed by atoms with van der Waals surface area (Å²) < 4.78 is 0. The number of pyridine rings is 1. The summed E-state index contributed by atoms with van der Waals surface area (Å²) in [5, 5.41) is 4.53. The van der Waals surface area contributed by atoms with E-state index in [1.165, 1.54) is 11.1 Å². The van der Waals surface area contributed by atoms with Gasteiger partial charge in [0.1, 0.15) is 0 Å². The smallest absolute Gasteiger partial charge is 0.0705 e. The molecule has 2 rings (SSSR count). The van der Waals surface area contributed by atoms with Crippen molar-refractivity contribution in [2.24, 2.45) is 5.41 Å². The van der Waals surface area contributed by atoms with Gasteiger partial charge in [0.2, 0.25) is 0 Å². The Morgan fingerprint density at radius 3 is 2.63 bits per heavy atom. The lowest BCUT2D eigenvalue weighted by molar-refractivity contribution is 0.291. The highest BCUT2D eigenvalue weighted by atomic mass is 14.9. The van der Waals surface area contributed by atoms with Crippen molar-refractivity contribution >= 4 is 10.9 Å². The Labute approximate surface area is 116 Å². The van der Waals surface area contributed by atoms with Crippen LogP contribution in [-0.4, -0.2) is 18.1 Å². The van der Waals surface area contributed by atoms with E-state index in [-0.39, 0.29) is 5.41 Å². The monoisotopic (exact) mass is 256 g/mol. The van der Waals surface area contributed by atoms with Crippen LogP contribution in [-0.2, 0) is 6.42 Å². The van der Waals surface area contributed by atoms with Crippen LogP contribution in [0.1, 0.15) is 32.9 Å². The van der Waals surface area contributed by atoms with Crippen LogP contribution in [0, 0.1) is 5.41 Å². The van der Waals surface area contributed by atoms with E-state index in [4.69, 9.17) is 4.98 Å². The average Bonchev–Trinajstić information content (AvgIpc) is 2.37. The zero-order valence-corrected chi connectivity index (χ0v) is 12.4. The van der Waals surface area contributed by atoms with Gasteiger partial charge in [-0.3, -0.25) is 4.98 Å². The maximum atomic E-state index is 4.77. The number of fused-ring (bicyclic) bond motifs is 1. The second-order valence-corrected chi connectivity index (χ2v) is 6.23. The van der Waals surface area contributed by atoms with Gasteiger partial charge in [0.15, 0.2) is 0 Å². The molecule has 1 unspecified atom stereocenters. The summed E-state index contributed by atoms with van der Waals surface area (Å²) in [6.07, 6.45) is 2.17. The Balaban J connectivity index is 2.16. The van der Waals surface area contributed by atoms with Crippen molar-refractivity contribution in [1.82, 2.24) is 10.3 Å². The first-order valence-electron chi connectivity index (χ1n) is 7.02. The van der Waals surface area contributed by atoms with Crippen LogP contribution in [0.25, 0.3) is 10.9 Å². The van der Waals surface area contributed by atoms with Crippen LogP contribution < -0.4 is 5.32 Å². The van der Waals surface area contributed by atoms with Gasteiger partial charge in [-0.25, -0.2) is 0 Å². The van der Waals surface area contributed by atoms with E-state index in [1.807, 2.05) is 13.1 Å². The topological polar surface area (TPSA) is 24.9 Å². The third kappa shape index (κ3) is 3.77. The SMILES string of the molecule is CNC(C)CC(C)(C)Cc1ccc2ccccc2n1. The third-order valence-corrected chi connectivity index (χ3v) is 3.67. The van der Waals surface area contributed by atoms with Gasteiger partial charge in [-0.05, 0) is 44.4 Å². The standard InChI is InChI=1S/C17H24N2/c1-13(18-4)11-17(2,3)12-15-10-9-14-7-5-6-8-16(14)19-15/h5-10,13,18H,11-12H2,1-4H3. The quantitative estimate of drug-likeness (QED) is 0.880. The van der Waals surface area contributed by atoms with Crippen LogP contribution in [0.4, 0.5) is 0 Å². The number of para-hydroxylation sites is 1. The van der Waals surface area contributed by atoms with Gasteiger partial charge in [0.05, 0.1) is 5.52 Å². The molecule has 1 heterocycles. The molecule has 0 aliphatic heterocycles. The minimum atomic E-state index is 0.262. The van der Waals surface area contributed by atoms with Crippen molar-refractivity contribution in [3.05, 3.63) is 42.1 Å². The molecule has 0 aliphatic rings. The molecule has 1 atom stereocenters. The lowest BCUT2D eigenvalue weighted by Crippen LogP contribution is -2.29. The van der Waals surface area contributed by atoms with Crippen molar-refractivity contribution in [3.8, 4) is 0 Å². The molecule has 0 bridgehead atoms. The van der Waals surface area contributed by atoms with Crippen molar-refractivity contribution in [2.75, 3.05) is 7.05 Å². The van der Waals surface area contributed by atoms with Gasteiger partial charge in [-0.1, -0.05) is 38.1 Å². The van der Waals surface area contributed by atoms with Crippen LogP contribution >= 0.6 is 0 Å². The molecule has 0 aliphatic carbocycles. The minimum absolute atomic E-state index is 0.262. The molecule has 0 radical (unpaired) electrons. The summed E-state index contributed by atoms with van der Waals surface area (Å²) in [5.74, 6) is 0. The van der Waals surface area contributed by atoms with E-state index in [2.05, 4.69) is 56.4 Å². The molecule has 1 aromatic carbocycles. The van der Waals surface area contributed by atoms with E-state index < -0.39 is 0 Å². The Kier molecular flexibility index (Phi) is 4.20.